The van der Waals surface area contributed by atoms with E-state index in [0.29, 0.717) is 12.0 Å². The average molecular weight is 296 g/mol. The van der Waals surface area contributed by atoms with Crippen molar-refractivity contribution in [2.45, 2.75) is 70.9 Å². The average Bonchev–Trinajstić information content (AvgIpc) is 2.71. The van der Waals surface area contributed by atoms with E-state index in [1.165, 1.54) is 45.1 Å². The Morgan fingerprint density at radius 2 is 2.00 bits per heavy atom. The maximum Gasteiger partial charge on any atom is 0.0724 e. The molecule has 3 nitrogen and oxygen atoms in total. The summed E-state index contributed by atoms with van der Waals surface area (Å²) in [5, 5.41) is 0. The number of rotatable bonds is 4. The zero-order valence-electron chi connectivity index (χ0n) is 14.6. The van der Waals surface area contributed by atoms with Gasteiger partial charge in [0.25, 0.3) is 0 Å². The third-order valence-corrected chi connectivity index (χ3v) is 6.38. The highest BCUT2D eigenvalue weighted by Gasteiger charge is 2.41. The number of piperidine rings is 1. The number of nitrogens with zero attached hydrogens (tertiary/aromatic N) is 1. The van der Waals surface area contributed by atoms with Crippen LogP contribution >= 0.6 is 0 Å². The highest BCUT2D eigenvalue weighted by Crippen LogP contribution is 2.38. The molecule has 124 valence electrons. The van der Waals surface area contributed by atoms with Crippen LogP contribution in [0.5, 0.6) is 0 Å². The Hall–Kier alpha value is -0.120. The molecule has 2 rings (SSSR count). The molecule has 0 spiro atoms. The summed E-state index contributed by atoms with van der Waals surface area (Å²) in [6.07, 6.45) is 8.24. The largest absolute Gasteiger partial charge is 0.380 e. The molecule has 0 aromatic carbocycles. The van der Waals surface area contributed by atoms with Gasteiger partial charge in [-0.05, 0) is 50.0 Å². The molecule has 0 bridgehead atoms. The van der Waals surface area contributed by atoms with Crippen LogP contribution in [0.1, 0.15) is 59.3 Å². The Morgan fingerprint density at radius 3 is 2.62 bits per heavy atom. The van der Waals surface area contributed by atoms with Crippen molar-refractivity contribution in [2.75, 3.05) is 26.7 Å². The minimum absolute atomic E-state index is 0.237. The zero-order chi connectivity index (χ0) is 15.5. The number of ether oxygens (including phenoxy) is 1. The number of hydrogen-bond acceptors (Lipinski definition) is 3. The van der Waals surface area contributed by atoms with Crippen LogP contribution in [0, 0.1) is 17.8 Å². The summed E-state index contributed by atoms with van der Waals surface area (Å²) in [6.45, 7) is 10.2. The molecular weight excluding hydrogens is 260 g/mol. The SMILES string of the molecule is COC1CN(C2(CN)CCCC(C(C)C)CC2)CCC1C. The highest BCUT2D eigenvalue weighted by atomic mass is 16.5. The van der Waals surface area contributed by atoms with Crippen molar-refractivity contribution < 1.29 is 4.74 Å². The minimum atomic E-state index is 0.237. The monoisotopic (exact) mass is 296 g/mol. The molecule has 1 aliphatic carbocycles. The molecule has 1 aliphatic heterocycles. The molecule has 0 aromatic rings. The van der Waals surface area contributed by atoms with Crippen molar-refractivity contribution in [1.82, 2.24) is 4.90 Å². The van der Waals surface area contributed by atoms with E-state index in [0.717, 1.165) is 24.9 Å². The first-order valence-electron chi connectivity index (χ1n) is 9.00. The fourth-order valence-corrected chi connectivity index (χ4v) is 4.50. The van der Waals surface area contributed by atoms with Gasteiger partial charge < -0.3 is 10.5 Å². The van der Waals surface area contributed by atoms with E-state index in [2.05, 4.69) is 25.7 Å². The summed E-state index contributed by atoms with van der Waals surface area (Å²) in [7, 11) is 1.86. The first-order chi connectivity index (χ1) is 10.0. The molecular formula is C18H36N2O. The molecule has 0 aromatic heterocycles. The summed E-state index contributed by atoms with van der Waals surface area (Å²) < 4.78 is 5.72. The van der Waals surface area contributed by atoms with E-state index in [4.69, 9.17) is 10.5 Å². The summed E-state index contributed by atoms with van der Waals surface area (Å²) in [6, 6.07) is 0. The van der Waals surface area contributed by atoms with Gasteiger partial charge in [0.05, 0.1) is 6.10 Å². The van der Waals surface area contributed by atoms with Crippen LogP contribution < -0.4 is 5.73 Å². The van der Waals surface area contributed by atoms with E-state index < -0.39 is 0 Å². The highest BCUT2D eigenvalue weighted by molar-refractivity contribution is 4.97. The normalized spacial score (nSPS) is 39.4. The fourth-order valence-electron chi connectivity index (χ4n) is 4.50. The predicted molar refractivity (Wildman–Crippen MR) is 89.3 cm³/mol. The van der Waals surface area contributed by atoms with Gasteiger partial charge in [-0.25, -0.2) is 0 Å². The molecule has 2 aliphatic rings. The Labute approximate surface area is 131 Å². The number of hydrogen-bond donors (Lipinski definition) is 1. The van der Waals surface area contributed by atoms with Crippen LogP contribution in [0.25, 0.3) is 0 Å². The van der Waals surface area contributed by atoms with Gasteiger partial charge in [-0.1, -0.05) is 33.6 Å². The molecule has 2 fully saturated rings. The van der Waals surface area contributed by atoms with E-state index >= 15 is 0 Å². The standard InChI is InChI=1S/C18H36N2O/c1-14(2)16-6-5-9-18(13-19,10-7-16)20-11-8-15(3)17(12-20)21-4/h14-17H,5-13,19H2,1-4H3. The van der Waals surface area contributed by atoms with Gasteiger partial charge in [-0.15, -0.1) is 0 Å². The third-order valence-electron chi connectivity index (χ3n) is 6.38. The molecule has 1 heterocycles. The van der Waals surface area contributed by atoms with Crippen LogP contribution in [0.3, 0.4) is 0 Å². The molecule has 1 saturated carbocycles. The van der Waals surface area contributed by atoms with E-state index in [1.807, 2.05) is 7.11 Å². The van der Waals surface area contributed by atoms with Gasteiger partial charge in [0.15, 0.2) is 0 Å². The van der Waals surface area contributed by atoms with Crippen LogP contribution in [0.4, 0.5) is 0 Å². The molecule has 4 atom stereocenters. The first kappa shape index (κ1) is 17.2. The number of methoxy groups -OCH3 is 1. The van der Waals surface area contributed by atoms with Crippen LogP contribution in [-0.2, 0) is 4.74 Å². The van der Waals surface area contributed by atoms with Gasteiger partial charge >= 0.3 is 0 Å². The van der Waals surface area contributed by atoms with Crippen LogP contribution in [0.15, 0.2) is 0 Å². The molecule has 0 radical (unpaired) electrons. The minimum Gasteiger partial charge on any atom is -0.380 e. The Balaban J connectivity index is 2.06. The van der Waals surface area contributed by atoms with Crippen molar-refractivity contribution in [2.24, 2.45) is 23.5 Å². The van der Waals surface area contributed by atoms with Gasteiger partial charge in [0.1, 0.15) is 0 Å². The molecule has 21 heavy (non-hydrogen) atoms. The number of likely N-dealkylation sites (tertiary alicyclic amines) is 1. The predicted octanol–water partition coefficient (Wildman–Crippen LogP) is 3.28. The summed E-state index contributed by atoms with van der Waals surface area (Å²) in [5.74, 6) is 2.38. The second-order valence-electron chi connectivity index (χ2n) is 7.85. The third kappa shape index (κ3) is 3.80. The van der Waals surface area contributed by atoms with E-state index in [9.17, 15) is 0 Å². The maximum absolute atomic E-state index is 6.30. The summed E-state index contributed by atoms with van der Waals surface area (Å²) in [5.41, 5.74) is 6.54. The Bertz CT molecular complexity index is 320. The quantitative estimate of drug-likeness (QED) is 0.809. The zero-order valence-corrected chi connectivity index (χ0v) is 14.6. The van der Waals surface area contributed by atoms with Crippen molar-refractivity contribution in [1.29, 1.82) is 0 Å². The van der Waals surface area contributed by atoms with Crippen molar-refractivity contribution in [3.63, 3.8) is 0 Å². The molecule has 0 amide bonds. The summed E-state index contributed by atoms with van der Waals surface area (Å²) >= 11 is 0. The number of nitrogens with two attached hydrogens (primary N) is 1. The van der Waals surface area contributed by atoms with Gasteiger partial charge in [-0.2, -0.15) is 0 Å². The van der Waals surface area contributed by atoms with Crippen molar-refractivity contribution in [3.05, 3.63) is 0 Å². The van der Waals surface area contributed by atoms with Gasteiger partial charge in [0.2, 0.25) is 0 Å². The van der Waals surface area contributed by atoms with E-state index in [1.54, 1.807) is 0 Å². The van der Waals surface area contributed by atoms with Gasteiger partial charge in [0, 0.05) is 25.7 Å². The lowest BCUT2D eigenvalue weighted by molar-refractivity contribution is -0.0492. The van der Waals surface area contributed by atoms with Gasteiger partial charge in [-0.3, -0.25) is 4.90 Å². The lowest BCUT2D eigenvalue weighted by atomic mass is 9.83. The molecule has 4 unspecified atom stereocenters. The van der Waals surface area contributed by atoms with Crippen molar-refractivity contribution >= 4 is 0 Å². The Kier molecular flexibility index (Phi) is 6.10. The lowest BCUT2D eigenvalue weighted by Gasteiger charge is -2.48. The van der Waals surface area contributed by atoms with Crippen molar-refractivity contribution in [3.8, 4) is 0 Å². The second kappa shape index (κ2) is 7.43. The smallest absolute Gasteiger partial charge is 0.0724 e. The topological polar surface area (TPSA) is 38.5 Å². The molecule has 2 N–H and O–H groups in total. The van der Waals surface area contributed by atoms with E-state index in [-0.39, 0.29) is 5.54 Å². The lowest BCUT2D eigenvalue weighted by Crippen LogP contribution is -2.59. The first-order valence-corrected chi connectivity index (χ1v) is 9.00. The molecule has 3 heteroatoms. The van der Waals surface area contributed by atoms with Crippen LogP contribution in [0.2, 0.25) is 0 Å². The second-order valence-corrected chi connectivity index (χ2v) is 7.85. The molecule has 1 saturated heterocycles. The Morgan fingerprint density at radius 1 is 1.24 bits per heavy atom. The summed E-state index contributed by atoms with van der Waals surface area (Å²) in [4.78, 5) is 2.68. The van der Waals surface area contributed by atoms with Crippen LogP contribution in [-0.4, -0.2) is 43.3 Å². The maximum atomic E-state index is 6.30. The fraction of sp³-hybridized carbons (Fsp3) is 1.00.